The van der Waals surface area contributed by atoms with Crippen LogP contribution in [0.4, 0.5) is 0 Å². The highest BCUT2D eigenvalue weighted by atomic mass is 32.2. The van der Waals surface area contributed by atoms with Crippen LogP contribution in [0.3, 0.4) is 0 Å². The number of methoxy groups -OCH3 is 1. The van der Waals surface area contributed by atoms with E-state index in [1.54, 1.807) is 18.9 Å². The molecule has 2 aromatic rings. The van der Waals surface area contributed by atoms with Crippen molar-refractivity contribution in [2.24, 2.45) is 0 Å². The number of aliphatic carboxylic acids is 1. The molecule has 0 saturated carbocycles. The van der Waals surface area contributed by atoms with Crippen LogP contribution in [0.25, 0.3) is 0 Å². The molecule has 1 heterocycles. The van der Waals surface area contributed by atoms with E-state index in [-0.39, 0.29) is 5.37 Å². The number of aryl methyl sites for hydroxylation is 2. The van der Waals surface area contributed by atoms with Gasteiger partial charge in [-0.3, -0.25) is 10.1 Å². The molecule has 1 aliphatic heterocycles. The van der Waals surface area contributed by atoms with E-state index in [0.717, 1.165) is 33.8 Å². The molecule has 2 N–H and O–H groups in total. The average Bonchev–Trinajstić information content (AvgIpc) is 3.12. The maximum absolute atomic E-state index is 11.1. The molecule has 0 aliphatic carbocycles. The number of hydrogen-bond donors (Lipinski definition) is 2. The number of nitrogens with one attached hydrogen (secondary N) is 1. The molecule has 0 spiro atoms. The summed E-state index contributed by atoms with van der Waals surface area (Å²) in [5.74, 6) is 1.36. The summed E-state index contributed by atoms with van der Waals surface area (Å²) in [4.78, 5) is 11.1. The van der Waals surface area contributed by atoms with Gasteiger partial charge in [-0.15, -0.1) is 11.8 Å². The second kappa shape index (κ2) is 8.01. The number of rotatable bonds is 6. The van der Waals surface area contributed by atoms with Crippen LogP contribution in [0, 0.1) is 13.8 Å². The molecule has 6 heteroatoms. The van der Waals surface area contributed by atoms with Gasteiger partial charge < -0.3 is 14.6 Å². The second-order valence-corrected chi connectivity index (χ2v) is 7.54. The van der Waals surface area contributed by atoms with Crippen molar-refractivity contribution in [1.29, 1.82) is 0 Å². The Balaban J connectivity index is 1.78. The lowest BCUT2D eigenvalue weighted by Gasteiger charge is -2.16. The highest BCUT2D eigenvalue weighted by Gasteiger charge is 2.30. The second-order valence-electron chi connectivity index (χ2n) is 6.40. The zero-order chi connectivity index (χ0) is 18.7. The van der Waals surface area contributed by atoms with Crippen LogP contribution in [0.5, 0.6) is 11.5 Å². The third-order valence-electron chi connectivity index (χ3n) is 4.41. The van der Waals surface area contributed by atoms with Crippen molar-refractivity contribution in [3.63, 3.8) is 0 Å². The fourth-order valence-corrected chi connectivity index (χ4v) is 4.12. The van der Waals surface area contributed by atoms with Gasteiger partial charge in [-0.25, -0.2) is 0 Å². The number of carbonyl (C=O) groups is 1. The lowest BCUT2D eigenvalue weighted by Crippen LogP contribution is -2.33. The largest absolute Gasteiger partial charge is 0.496 e. The molecule has 0 amide bonds. The quantitative estimate of drug-likeness (QED) is 0.805. The van der Waals surface area contributed by atoms with Gasteiger partial charge in [0.25, 0.3) is 0 Å². The minimum atomic E-state index is -0.813. The molecule has 5 nitrogen and oxygen atoms in total. The van der Waals surface area contributed by atoms with Crippen molar-refractivity contribution in [3.8, 4) is 11.5 Å². The van der Waals surface area contributed by atoms with Crippen molar-refractivity contribution in [1.82, 2.24) is 5.32 Å². The molecule has 0 unspecified atom stereocenters. The highest BCUT2D eigenvalue weighted by Crippen LogP contribution is 2.35. The molecule has 2 aromatic carbocycles. The van der Waals surface area contributed by atoms with Gasteiger partial charge in [0.05, 0.1) is 12.5 Å². The molecule has 0 radical (unpaired) electrons. The average molecular weight is 373 g/mol. The van der Waals surface area contributed by atoms with Gasteiger partial charge in [-0.05, 0) is 48.7 Å². The van der Waals surface area contributed by atoms with E-state index in [9.17, 15) is 4.79 Å². The van der Waals surface area contributed by atoms with Gasteiger partial charge in [-0.2, -0.15) is 0 Å². The Kier molecular flexibility index (Phi) is 5.74. The molecule has 1 aliphatic rings. The third kappa shape index (κ3) is 4.14. The predicted octanol–water partition coefficient (Wildman–Crippen LogP) is 3.68. The fourth-order valence-electron chi connectivity index (χ4n) is 2.90. The van der Waals surface area contributed by atoms with Gasteiger partial charge in [0.1, 0.15) is 24.1 Å². The Morgan fingerprint density at radius 2 is 2.04 bits per heavy atom. The van der Waals surface area contributed by atoms with E-state index < -0.39 is 12.0 Å². The first kappa shape index (κ1) is 18.6. The summed E-state index contributed by atoms with van der Waals surface area (Å²) >= 11 is 1.60. The van der Waals surface area contributed by atoms with Gasteiger partial charge in [0, 0.05) is 11.3 Å². The number of carboxylic acids is 1. The summed E-state index contributed by atoms with van der Waals surface area (Å²) in [6, 6.07) is 11.5. The first-order valence-electron chi connectivity index (χ1n) is 8.45. The maximum Gasteiger partial charge on any atom is 0.321 e. The maximum atomic E-state index is 11.1. The molecule has 138 valence electrons. The number of hydrogen-bond acceptors (Lipinski definition) is 5. The summed E-state index contributed by atoms with van der Waals surface area (Å²) in [5.41, 5.74) is 4.20. The summed E-state index contributed by atoms with van der Waals surface area (Å²) in [7, 11) is 1.64. The topological polar surface area (TPSA) is 67.8 Å². The monoisotopic (exact) mass is 373 g/mol. The first-order valence-corrected chi connectivity index (χ1v) is 9.50. The number of benzene rings is 2. The number of thioether (sulfide) groups is 1. The number of carboxylic acid groups (broad SMARTS) is 1. The Morgan fingerprint density at radius 3 is 2.73 bits per heavy atom. The van der Waals surface area contributed by atoms with E-state index >= 15 is 0 Å². The lowest BCUT2D eigenvalue weighted by atomic mass is 10.1. The molecule has 2 atom stereocenters. The molecule has 0 aromatic heterocycles. The van der Waals surface area contributed by atoms with Crippen molar-refractivity contribution in [2.45, 2.75) is 31.9 Å². The van der Waals surface area contributed by atoms with Crippen molar-refractivity contribution < 1.29 is 19.4 Å². The normalized spacial score (nSPS) is 19.3. The van der Waals surface area contributed by atoms with E-state index in [2.05, 4.69) is 11.4 Å². The van der Waals surface area contributed by atoms with Gasteiger partial charge in [-0.1, -0.05) is 18.2 Å². The standard InChI is InChI=1S/C20H23NO4S/c1-12-4-5-13(2)18(8-12)25-10-15-9-14(6-7-17(15)24-3)19-21-16(11-26-19)20(22)23/h4-9,16,19,21H,10-11H2,1-3H3,(H,22,23)/t16-,19+/m1/s1. The Labute approximate surface area is 157 Å². The minimum absolute atomic E-state index is 0.0403. The van der Waals surface area contributed by atoms with Crippen molar-refractivity contribution in [2.75, 3.05) is 12.9 Å². The third-order valence-corrected chi connectivity index (χ3v) is 5.68. The molecule has 26 heavy (non-hydrogen) atoms. The van der Waals surface area contributed by atoms with Crippen LogP contribution in [0.1, 0.15) is 27.6 Å². The smallest absolute Gasteiger partial charge is 0.321 e. The van der Waals surface area contributed by atoms with E-state index in [1.165, 1.54) is 0 Å². The van der Waals surface area contributed by atoms with Crippen LogP contribution in [-0.2, 0) is 11.4 Å². The molecule has 1 saturated heterocycles. The van der Waals surface area contributed by atoms with E-state index in [4.69, 9.17) is 14.6 Å². The molecular weight excluding hydrogens is 350 g/mol. The lowest BCUT2D eigenvalue weighted by molar-refractivity contribution is -0.138. The fraction of sp³-hybridized carbons (Fsp3) is 0.350. The summed E-state index contributed by atoms with van der Waals surface area (Å²) in [6.45, 7) is 4.45. The molecule has 3 rings (SSSR count). The Bertz CT molecular complexity index is 808. The highest BCUT2D eigenvalue weighted by molar-refractivity contribution is 7.99. The van der Waals surface area contributed by atoms with E-state index in [1.807, 2.05) is 44.2 Å². The zero-order valence-corrected chi connectivity index (χ0v) is 15.9. The van der Waals surface area contributed by atoms with Crippen LogP contribution in [-0.4, -0.2) is 30.0 Å². The molecule has 0 bridgehead atoms. The minimum Gasteiger partial charge on any atom is -0.496 e. The van der Waals surface area contributed by atoms with Gasteiger partial charge in [0.2, 0.25) is 0 Å². The number of ether oxygens (including phenoxy) is 2. The summed E-state index contributed by atoms with van der Waals surface area (Å²) in [5, 5.41) is 12.3. The molecular formula is C20H23NO4S. The zero-order valence-electron chi connectivity index (χ0n) is 15.1. The Morgan fingerprint density at radius 1 is 1.23 bits per heavy atom. The summed E-state index contributed by atoms with van der Waals surface area (Å²) < 4.78 is 11.5. The van der Waals surface area contributed by atoms with Crippen LogP contribution in [0.15, 0.2) is 36.4 Å². The van der Waals surface area contributed by atoms with Gasteiger partial charge in [0.15, 0.2) is 0 Å². The first-order chi connectivity index (χ1) is 12.5. The van der Waals surface area contributed by atoms with Gasteiger partial charge >= 0.3 is 5.97 Å². The van der Waals surface area contributed by atoms with Crippen molar-refractivity contribution in [3.05, 3.63) is 58.7 Å². The van der Waals surface area contributed by atoms with Crippen molar-refractivity contribution >= 4 is 17.7 Å². The predicted molar refractivity (Wildman–Crippen MR) is 103 cm³/mol. The van der Waals surface area contributed by atoms with Crippen LogP contribution >= 0.6 is 11.8 Å². The SMILES string of the molecule is COc1ccc([C@H]2N[C@@H](C(=O)O)CS2)cc1COc1cc(C)ccc1C. The van der Waals surface area contributed by atoms with Crippen LogP contribution in [0.2, 0.25) is 0 Å². The van der Waals surface area contributed by atoms with E-state index in [0.29, 0.717) is 12.4 Å². The van der Waals surface area contributed by atoms with Crippen LogP contribution < -0.4 is 14.8 Å². The molecule has 1 fully saturated rings. The summed E-state index contributed by atoms with van der Waals surface area (Å²) in [6.07, 6.45) is 0. The Hall–Kier alpha value is -2.18.